The molecule has 1 aliphatic rings. The van der Waals surface area contributed by atoms with Gasteiger partial charge in [0.15, 0.2) is 0 Å². The number of sulfonamides is 1. The molecule has 7 heteroatoms. The standard InChI is InChI=1S/C16H22N2O4S/c1-12-7-8-14(10-13(12)2)23(21,22)17-15(19)11-18-9-5-3-4-6-16(18)20/h7-8,10H,3-6,9,11H2,1-2H3,(H,17,19). The Labute approximate surface area is 136 Å². The minimum Gasteiger partial charge on any atom is -0.333 e. The van der Waals surface area contributed by atoms with Crippen molar-refractivity contribution in [2.45, 2.75) is 44.4 Å². The Bertz CT molecular complexity index is 713. The summed E-state index contributed by atoms with van der Waals surface area (Å²) < 4.78 is 26.6. The van der Waals surface area contributed by atoms with Gasteiger partial charge in [0.05, 0.1) is 4.90 Å². The molecule has 6 nitrogen and oxygen atoms in total. The Hall–Kier alpha value is -1.89. The molecule has 0 unspecified atom stereocenters. The number of rotatable bonds is 4. The first-order valence-corrected chi connectivity index (χ1v) is 9.18. The van der Waals surface area contributed by atoms with Gasteiger partial charge in [0.2, 0.25) is 5.91 Å². The van der Waals surface area contributed by atoms with E-state index in [0.29, 0.717) is 13.0 Å². The van der Waals surface area contributed by atoms with Crippen LogP contribution in [0.1, 0.15) is 36.8 Å². The molecule has 1 aromatic rings. The molecule has 0 saturated carbocycles. The van der Waals surface area contributed by atoms with Crippen molar-refractivity contribution in [3.05, 3.63) is 29.3 Å². The van der Waals surface area contributed by atoms with E-state index >= 15 is 0 Å². The van der Waals surface area contributed by atoms with E-state index in [9.17, 15) is 18.0 Å². The number of hydrogen-bond donors (Lipinski definition) is 1. The minimum absolute atomic E-state index is 0.0520. The van der Waals surface area contributed by atoms with Crippen LogP contribution in [0.5, 0.6) is 0 Å². The summed E-state index contributed by atoms with van der Waals surface area (Å²) in [5.41, 5.74) is 1.81. The molecule has 23 heavy (non-hydrogen) atoms. The summed E-state index contributed by atoms with van der Waals surface area (Å²) in [7, 11) is -3.91. The van der Waals surface area contributed by atoms with Crippen LogP contribution in [-0.2, 0) is 19.6 Å². The Morgan fingerprint density at radius 2 is 1.91 bits per heavy atom. The monoisotopic (exact) mass is 338 g/mol. The molecule has 126 valence electrons. The summed E-state index contributed by atoms with van der Waals surface area (Å²) >= 11 is 0. The first-order chi connectivity index (χ1) is 10.8. The van der Waals surface area contributed by atoms with Gasteiger partial charge in [0.1, 0.15) is 6.54 Å². The smallest absolute Gasteiger partial charge is 0.264 e. The molecule has 1 heterocycles. The fourth-order valence-electron chi connectivity index (χ4n) is 2.50. The topological polar surface area (TPSA) is 83.6 Å². The third-order valence-corrected chi connectivity index (χ3v) is 5.41. The third kappa shape index (κ3) is 4.54. The number of amides is 2. The number of carbonyl (C=O) groups is 2. The molecule has 2 amide bonds. The van der Waals surface area contributed by atoms with E-state index in [1.165, 1.54) is 17.0 Å². The van der Waals surface area contributed by atoms with Gasteiger partial charge in [0.25, 0.3) is 15.9 Å². The number of benzene rings is 1. The van der Waals surface area contributed by atoms with Crippen molar-refractivity contribution in [1.29, 1.82) is 0 Å². The molecule has 0 bridgehead atoms. The SMILES string of the molecule is Cc1ccc(S(=O)(=O)NC(=O)CN2CCCCCC2=O)cc1C. The summed E-state index contributed by atoms with van der Waals surface area (Å²) in [6.07, 6.45) is 3.02. The van der Waals surface area contributed by atoms with Crippen LogP contribution in [0, 0.1) is 13.8 Å². The molecule has 1 N–H and O–H groups in total. The highest BCUT2D eigenvalue weighted by Gasteiger charge is 2.23. The predicted molar refractivity (Wildman–Crippen MR) is 86.3 cm³/mol. The highest BCUT2D eigenvalue weighted by Crippen LogP contribution is 2.15. The van der Waals surface area contributed by atoms with Crippen molar-refractivity contribution >= 4 is 21.8 Å². The van der Waals surface area contributed by atoms with E-state index in [4.69, 9.17) is 0 Å². The lowest BCUT2D eigenvalue weighted by atomic mass is 10.1. The van der Waals surface area contributed by atoms with Crippen LogP contribution in [-0.4, -0.2) is 38.2 Å². The normalized spacial score (nSPS) is 16.1. The third-order valence-electron chi connectivity index (χ3n) is 4.04. The van der Waals surface area contributed by atoms with E-state index in [0.717, 1.165) is 30.4 Å². The van der Waals surface area contributed by atoms with Crippen LogP contribution >= 0.6 is 0 Å². The molecule has 1 aromatic carbocycles. The maximum Gasteiger partial charge on any atom is 0.264 e. The van der Waals surface area contributed by atoms with E-state index in [2.05, 4.69) is 0 Å². The summed E-state index contributed by atoms with van der Waals surface area (Å²) in [6, 6.07) is 4.70. The highest BCUT2D eigenvalue weighted by molar-refractivity contribution is 7.90. The molecular weight excluding hydrogens is 316 g/mol. The lowest BCUT2D eigenvalue weighted by Gasteiger charge is -2.19. The van der Waals surface area contributed by atoms with E-state index in [1.807, 2.05) is 18.6 Å². The molecular formula is C16H22N2O4S. The molecule has 1 fully saturated rings. The highest BCUT2D eigenvalue weighted by atomic mass is 32.2. The summed E-state index contributed by atoms with van der Waals surface area (Å²) in [6.45, 7) is 3.97. The van der Waals surface area contributed by atoms with Crippen LogP contribution in [0.25, 0.3) is 0 Å². The van der Waals surface area contributed by atoms with Crippen LogP contribution in [0.4, 0.5) is 0 Å². The fraction of sp³-hybridized carbons (Fsp3) is 0.500. The molecule has 0 aromatic heterocycles. The van der Waals surface area contributed by atoms with Crippen molar-refractivity contribution in [3.63, 3.8) is 0 Å². The Morgan fingerprint density at radius 1 is 1.17 bits per heavy atom. The molecule has 0 aliphatic carbocycles. The quantitative estimate of drug-likeness (QED) is 0.902. The molecule has 2 rings (SSSR count). The van der Waals surface area contributed by atoms with Gasteiger partial charge in [0, 0.05) is 13.0 Å². The van der Waals surface area contributed by atoms with E-state index in [-0.39, 0.29) is 17.3 Å². The van der Waals surface area contributed by atoms with Gasteiger partial charge in [-0.15, -0.1) is 0 Å². The molecule has 0 spiro atoms. The van der Waals surface area contributed by atoms with Gasteiger partial charge < -0.3 is 4.90 Å². The zero-order valence-electron chi connectivity index (χ0n) is 13.5. The fourth-order valence-corrected chi connectivity index (χ4v) is 3.56. The molecule has 0 atom stereocenters. The predicted octanol–water partition coefficient (Wildman–Crippen LogP) is 1.51. The second-order valence-corrected chi connectivity index (χ2v) is 7.58. The number of aryl methyl sites for hydroxylation is 2. The first kappa shape index (κ1) is 17.5. The summed E-state index contributed by atoms with van der Waals surface area (Å²) in [5.74, 6) is -0.778. The van der Waals surface area contributed by atoms with E-state index in [1.54, 1.807) is 6.07 Å². The largest absolute Gasteiger partial charge is 0.333 e. The number of carbonyl (C=O) groups excluding carboxylic acids is 2. The number of likely N-dealkylation sites (tertiary alicyclic amines) is 1. The van der Waals surface area contributed by atoms with Gasteiger partial charge in [-0.2, -0.15) is 0 Å². The van der Waals surface area contributed by atoms with Gasteiger partial charge in [-0.05, 0) is 49.9 Å². The number of nitrogens with one attached hydrogen (secondary N) is 1. The van der Waals surface area contributed by atoms with Gasteiger partial charge in [-0.25, -0.2) is 13.1 Å². The number of hydrogen-bond acceptors (Lipinski definition) is 4. The second-order valence-electron chi connectivity index (χ2n) is 5.90. The van der Waals surface area contributed by atoms with Crippen molar-refractivity contribution in [3.8, 4) is 0 Å². The second kappa shape index (κ2) is 7.12. The molecule has 1 aliphatic heterocycles. The Balaban J connectivity index is 2.05. The van der Waals surface area contributed by atoms with Gasteiger partial charge in [-0.1, -0.05) is 12.5 Å². The maximum absolute atomic E-state index is 12.3. The van der Waals surface area contributed by atoms with Crippen molar-refractivity contribution < 1.29 is 18.0 Å². The van der Waals surface area contributed by atoms with Crippen LogP contribution in [0.15, 0.2) is 23.1 Å². The first-order valence-electron chi connectivity index (χ1n) is 7.70. The lowest BCUT2D eigenvalue weighted by molar-refractivity contribution is -0.135. The van der Waals surface area contributed by atoms with Crippen LogP contribution in [0.3, 0.4) is 0 Å². The summed E-state index contributed by atoms with van der Waals surface area (Å²) in [5, 5.41) is 0. The zero-order chi connectivity index (χ0) is 17.0. The van der Waals surface area contributed by atoms with E-state index < -0.39 is 15.9 Å². The average molecular weight is 338 g/mol. The summed E-state index contributed by atoms with van der Waals surface area (Å²) in [4.78, 5) is 25.4. The zero-order valence-corrected chi connectivity index (χ0v) is 14.3. The molecule has 0 radical (unpaired) electrons. The number of nitrogens with zero attached hydrogens (tertiary/aromatic N) is 1. The maximum atomic E-state index is 12.3. The van der Waals surface area contributed by atoms with Crippen LogP contribution in [0.2, 0.25) is 0 Å². The average Bonchev–Trinajstić information content (AvgIpc) is 2.66. The van der Waals surface area contributed by atoms with Crippen molar-refractivity contribution in [2.75, 3.05) is 13.1 Å². The lowest BCUT2D eigenvalue weighted by Crippen LogP contribution is -2.42. The van der Waals surface area contributed by atoms with Crippen LogP contribution < -0.4 is 4.72 Å². The minimum atomic E-state index is -3.91. The molecule has 1 saturated heterocycles. The Kier molecular flexibility index (Phi) is 5.41. The van der Waals surface area contributed by atoms with Gasteiger partial charge >= 0.3 is 0 Å². The Morgan fingerprint density at radius 3 is 2.61 bits per heavy atom. The van der Waals surface area contributed by atoms with Gasteiger partial charge in [-0.3, -0.25) is 9.59 Å². The van der Waals surface area contributed by atoms with Crippen molar-refractivity contribution in [2.24, 2.45) is 0 Å². The van der Waals surface area contributed by atoms with Crippen molar-refractivity contribution in [1.82, 2.24) is 9.62 Å².